The van der Waals surface area contributed by atoms with Gasteiger partial charge in [0.25, 0.3) is 0 Å². The molecule has 0 fully saturated rings. The molecule has 0 spiro atoms. The van der Waals surface area contributed by atoms with Gasteiger partial charge in [-0.15, -0.1) is 0 Å². The maximum Gasteiger partial charge on any atom is 0.0468 e. The van der Waals surface area contributed by atoms with Gasteiger partial charge in [-0.3, -0.25) is 0 Å². The zero-order chi connectivity index (χ0) is 18.8. The molecule has 0 unspecified atom stereocenters. The number of rotatable bonds is 4. The van der Waals surface area contributed by atoms with Gasteiger partial charge in [0.05, 0.1) is 0 Å². The zero-order valence-corrected chi connectivity index (χ0v) is 16.2. The van der Waals surface area contributed by atoms with E-state index in [9.17, 15) is 0 Å². The van der Waals surface area contributed by atoms with Crippen LogP contribution in [-0.4, -0.2) is 0 Å². The fraction of sp³-hybridized carbons (Fsp3) is 0.154. The molecule has 0 amide bonds. The van der Waals surface area contributed by atoms with Crippen molar-refractivity contribution in [1.82, 2.24) is 0 Å². The van der Waals surface area contributed by atoms with Gasteiger partial charge < -0.3 is 4.90 Å². The highest BCUT2D eigenvalue weighted by Crippen LogP contribution is 2.36. The molecule has 0 aliphatic rings. The predicted octanol–water partition coefficient (Wildman–Crippen LogP) is 7.74. The minimum atomic E-state index is 0.535. The van der Waals surface area contributed by atoms with Gasteiger partial charge in [-0.1, -0.05) is 74.0 Å². The average Bonchev–Trinajstić information content (AvgIpc) is 2.70. The van der Waals surface area contributed by atoms with E-state index in [4.69, 9.17) is 0 Å². The van der Waals surface area contributed by atoms with Crippen LogP contribution < -0.4 is 4.90 Å². The van der Waals surface area contributed by atoms with E-state index in [1.165, 1.54) is 39.0 Å². The lowest BCUT2D eigenvalue weighted by molar-refractivity contribution is 0.866. The van der Waals surface area contributed by atoms with Gasteiger partial charge >= 0.3 is 0 Å². The van der Waals surface area contributed by atoms with Crippen molar-refractivity contribution in [2.24, 2.45) is 0 Å². The molecule has 0 atom stereocenters. The van der Waals surface area contributed by atoms with E-state index in [0.717, 1.165) is 0 Å². The molecule has 134 valence electrons. The van der Waals surface area contributed by atoms with Gasteiger partial charge in [0.1, 0.15) is 0 Å². The predicted molar refractivity (Wildman–Crippen MR) is 117 cm³/mol. The fourth-order valence-corrected chi connectivity index (χ4v) is 3.47. The number of hydrogen-bond acceptors (Lipinski definition) is 1. The first kappa shape index (κ1) is 17.4. The molecule has 1 heteroatoms. The van der Waals surface area contributed by atoms with Crippen molar-refractivity contribution in [2.75, 3.05) is 4.90 Å². The lowest BCUT2D eigenvalue weighted by Gasteiger charge is -2.26. The topological polar surface area (TPSA) is 3.24 Å². The summed E-state index contributed by atoms with van der Waals surface area (Å²) in [4.78, 5) is 2.33. The quantitative estimate of drug-likeness (QED) is 0.363. The summed E-state index contributed by atoms with van der Waals surface area (Å²) in [6.07, 6.45) is 0. The van der Waals surface area contributed by atoms with E-state index in [0.29, 0.717) is 5.92 Å². The first-order valence-corrected chi connectivity index (χ1v) is 9.57. The van der Waals surface area contributed by atoms with E-state index in [-0.39, 0.29) is 0 Å². The second-order valence-electron chi connectivity index (χ2n) is 7.45. The van der Waals surface area contributed by atoms with Crippen LogP contribution in [-0.2, 0) is 0 Å². The summed E-state index contributed by atoms with van der Waals surface area (Å²) in [5.74, 6) is 0.535. The molecular weight excluding hydrogens is 326 g/mol. The third-order valence-electron chi connectivity index (χ3n) is 5.10. The van der Waals surface area contributed by atoms with E-state index in [1.54, 1.807) is 0 Å². The highest BCUT2D eigenvalue weighted by atomic mass is 15.1. The second-order valence-corrected chi connectivity index (χ2v) is 7.45. The van der Waals surface area contributed by atoms with Crippen molar-refractivity contribution in [3.05, 3.63) is 102 Å². The summed E-state index contributed by atoms with van der Waals surface area (Å²) < 4.78 is 0. The van der Waals surface area contributed by atoms with E-state index in [1.807, 2.05) is 0 Å². The zero-order valence-electron chi connectivity index (χ0n) is 16.2. The summed E-state index contributed by atoms with van der Waals surface area (Å²) in [7, 11) is 0. The van der Waals surface area contributed by atoms with Crippen molar-refractivity contribution < 1.29 is 0 Å². The van der Waals surface area contributed by atoms with Crippen LogP contribution in [0.25, 0.3) is 10.8 Å². The highest BCUT2D eigenvalue weighted by molar-refractivity contribution is 5.89. The molecule has 1 nitrogen and oxygen atoms in total. The Morgan fingerprint density at radius 1 is 0.593 bits per heavy atom. The molecule has 4 aromatic rings. The van der Waals surface area contributed by atoms with Gasteiger partial charge in [-0.05, 0) is 65.6 Å². The van der Waals surface area contributed by atoms with Crippen LogP contribution in [0.15, 0.2) is 91.0 Å². The Morgan fingerprint density at radius 3 is 1.78 bits per heavy atom. The summed E-state index contributed by atoms with van der Waals surface area (Å²) in [6, 6.07) is 32.9. The molecule has 4 rings (SSSR count). The molecule has 0 saturated heterocycles. The smallest absolute Gasteiger partial charge is 0.0468 e. The van der Waals surface area contributed by atoms with Crippen LogP contribution in [0.2, 0.25) is 0 Å². The number of aryl methyl sites for hydroxylation is 1. The maximum atomic E-state index is 2.33. The number of fused-ring (bicyclic) bond motifs is 1. The van der Waals surface area contributed by atoms with Crippen LogP contribution >= 0.6 is 0 Å². The average molecular weight is 351 g/mol. The lowest BCUT2D eigenvalue weighted by atomic mass is 10.0. The van der Waals surface area contributed by atoms with Gasteiger partial charge in [0, 0.05) is 17.1 Å². The molecule has 0 radical (unpaired) electrons. The lowest BCUT2D eigenvalue weighted by Crippen LogP contribution is -2.10. The molecule has 27 heavy (non-hydrogen) atoms. The van der Waals surface area contributed by atoms with Gasteiger partial charge in [0.15, 0.2) is 0 Å². The Labute approximate surface area is 161 Å². The van der Waals surface area contributed by atoms with E-state index in [2.05, 4.69) is 117 Å². The minimum absolute atomic E-state index is 0.535. The SMILES string of the molecule is Cc1ccc(N(c2ccc(C(C)C)cc2)c2ccc3ccccc3c2)cc1. The number of benzene rings is 4. The minimum Gasteiger partial charge on any atom is -0.310 e. The largest absolute Gasteiger partial charge is 0.310 e. The Balaban J connectivity index is 1.85. The summed E-state index contributed by atoms with van der Waals surface area (Å²) in [6.45, 7) is 6.59. The Morgan fingerprint density at radius 2 is 1.15 bits per heavy atom. The summed E-state index contributed by atoms with van der Waals surface area (Å²) >= 11 is 0. The van der Waals surface area contributed by atoms with Crippen molar-refractivity contribution >= 4 is 27.8 Å². The highest BCUT2D eigenvalue weighted by Gasteiger charge is 2.13. The van der Waals surface area contributed by atoms with E-state index < -0.39 is 0 Å². The molecule has 0 N–H and O–H groups in total. The van der Waals surface area contributed by atoms with Crippen LogP contribution in [0.1, 0.15) is 30.9 Å². The normalized spacial score (nSPS) is 11.1. The van der Waals surface area contributed by atoms with Crippen molar-refractivity contribution in [3.8, 4) is 0 Å². The number of anilines is 3. The maximum absolute atomic E-state index is 2.33. The van der Waals surface area contributed by atoms with Crippen molar-refractivity contribution in [2.45, 2.75) is 26.7 Å². The molecule has 0 aliphatic carbocycles. The molecule has 0 aromatic heterocycles. The third kappa shape index (κ3) is 3.59. The number of hydrogen-bond donors (Lipinski definition) is 0. The third-order valence-corrected chi connectivity index (χ3v) is 5.10. The van der Waals surface area contributed by atoms with Crippen LogP contribution in [0.4, 0.5) is 17.1 Å². The number of nitrogens with zero attached hydrogens (tertiary/aromatic N) is 1. The van der Waals surface area contributed by atoms with Crippen molar-refractivity contribution in [1.29, 1.82) is 0 Å². The molecule has 0 bridgehead atoms. The first-order chi connectivity index (χ1) is 13.1. The fourth-order valence-electron chi connectivity index (χ4n) is 3.47. The van der Waals surface area contributed by atoms with Crippen LogP contribution in [0.5, 0.6) is 0 Å². The van der Waals surface area contributed by atoms with Crippen molar-refractivity contribution in [3.63, 3.8) is 0 Å². The molecule has 0 aliphatic heterocycles. The van der Waals surface area contributed by atoms with E-state index >= 15 is 0 Å². The Kier molecular flexibility index (Phi) is 4.68. The molecular formula is C26H25N. The van der Waals surface area contributed by atoms with Crippen LogP contribution in [0.3, 0.4) is 0 Å². The Bertz CT molecular complexity index is 1040. The molecule has 0 heterocycles. The second kappa shape index (κ2) is 7.28. The van der Waals surface area contributed by atoms with Gasteiger partial charge in [-0.2, -0.15) is 0 Å². The van der Waals surface area contributed by atoms with Gasteiger partial charge in [-0.25, -0.2) is 0 Å². The monoisotopic (exact) mass is 351 g/mol. The summed E-state index contributed by atoms with van der Waals surface area (Å²) in [5, 5.41) is 2.52. The summed E-state index contributed by atoms with van der Waals surface area (Å²) in [5.41, 5.74) is 6.16. The standard InChI is InChI=1S/C26H25N/c1-19(2)21-10-15-25(16-11-21)27(24-13-8-20(3)9-14-24)26-17-12-22-6-4-5-7-23(22)18-26/h4-19H,1-3H3. The molecule has 4 aromatic carbocycles. The van der Waals surface area contributed by atoms with Crippen LogP contribution in [0, 0.1) is 6.92 Å². The Hall–Kier alpha value is -3.06. The first-order valence-electron chi connectivity index (χ1n) is 9.57. The molecule has 0 saturated carbocycles. The van der Waals surface area contributed by atoms with Gasteiger partial charge in [0.2, 0.25) is 0 Å².